The van der Waals surface area contributed by atoms with Gasteiger partial charge in [0.1, 0.15) is 0 Å². The quantitative estimate of drug-likeness (QED) is 0.457. The molecule has 0 aromatic carbocycles. The normalized spacial score (nSPS) is 9.82. The van der Waals surface area contributed by atoms with Gasteiger partial charge in [-0.3, -0.25) is 0 Å². The predicted molar refractivity (Wildman–Crippen MR) is 47.4 cm³/mol. The van der Waals surface area contributed by atoms with Gasteiger partial charge < -0.3 is 16.0 Å². The highest BCUT2D eigenvalue weighted by molar-refractivity contribution is 6.17. The minimum absolute atomic E-state index is 0.753. The van der Waals surface area contributed by atoms with Gasteiger partial charge in [-0.15, -0.1) is 11.6 Å². The van der Waals surface area contributed by atoms with Crippen LogP contribution in [0.25, 0.3) is 0 Å². The van der Waals surface area contributed by atoms with Crippen LogP contribution in [-0.2, 0) is 0 Å². The molecule has 0 unspecified atom stereocenters. The van der Waals surface area contributed by atoms with Crippen LogP contribution in [0.3, 0.4) is 0 Å². The first-order chi connectivity index (χ1) is 4.79. The van der Waals surface area contributed by atoms with E-state index >= 15 is 0 Å². The van der Waals surface area contributed by atoms with Crippen molar-refractivity contribution in [2.45, 2.75) is 0 Å². The third-order valence-electron chi connectivity index (χ3n) is 0.755. The second kappa shape index (κ2) is 6.24. The van der Waals surface area contributed by atoms with Crippen LogP contribution >= 0.6 is 11.6 Å². The third kappa shape index (κ3) is 43.4. The largest absolute Gasteiger partial charge is 0.352 e. The van der Waals surface area contributed by atoms with Gasteiger partial charge in [-0.25, -0.2) is 4.79 Å². The zero-order chi connectivity index (χ0) is 9.49. The minimum atomic E-state index is -0.833. The molecule has 0 aliphatic rings. The van der Waals surface area contributed by atoms with Crippen molar-refractivity contribution in [3.05, 3.63) is 0 Å². The van der Waals surface area contributed by atoms with E-state index in [1.807, 2.05) is 0 Å². The fraction of sp³-hybridized carbons (Fsp3) is 0.833. The summed E-state index contributed by atoms with van der Waals surface area (Å²) in [5, 5.41) is 0. The molecule has 0 spiro atoms. The van der Waals surface area contributed by atoms with Crippen LogP contribution in [-0.4, -0.2) is 44.1 Å². The fourth-order valence-electron chi connectivity index (χ4n) is 0.254. The number of rotatable bonds is 2. The molecule has 0 saturated heterocycles. The van der Waals surface area contributed by atoms with Crippen LogP contribution < -0.4 is 11.5 Å². The summed E-state index contributed by atoms with van der Waals surface area (Å²) in [6.07, 6.45) is 0. The van der Waals surface area contributed by atoms with Gasteiger partial charge in [0, 0.05) is 0 Å². The van der Waals surface area contributed by atoms with Crippen molar-refractivity contribution in [2.24, 2.45) is 11.5 Å². The number of carbonyl (C=O) groups excluding carboxylic acids is 1. The van der Waals surface area contributed by atoms with E-state index in [9.17, 15) is 0 Å². The summed E-state index contributed by atoms with van der Waals surface area (Å²) < 4.78 is 0.962. The number of hydrogen-bond acceptors (Lipinski definition) is 1. The number of primary amides is 2. The van der Waals surface area contributed by atoms with E-state index in [0.29, 0.717) is 0 Å². The molecule has 0 radical (unpaired) electrons. The lowest BCUT2D eigenvalue weighted by Crippen LogP contribution is -2.35. The number of nitrogens with zero attached hydrogens (tertiary/aromatic N) is 1. The Balaban J connectivity index is 0. The molecule has 0 aliphatic carbocycles. The average Bonchev–Trinajstić information content (AvgIpc) is 1.58. The second-order valence-electron chi connectivity index (χ2n) is 3.11. The number of quaternary nitrogens is 1. The molecule has 0 aromatic rings. The minimum Gasteiger partial charge on any atom is -0.352 e. The zero-order valence-corrected chi connectivity index (χ0v) is 8.06. The molecule has 68 valence electrons. The molecule has 0 aromatic heterocycles. The van der Waals surface area contributed by atoms with Crippen molar-refractivity contribution in [3.63, 3.8) is 0 Å². The number of urea groups is 1. The lowest BCUT2D eigenvalue weighted by atomic mass is 10.6. The number of carbonyl (C=O) groups is 1. The van der Waals surface area contributed by atoms with Crippen LogP contribution in [0.5, 0.6) is 0 Å². The Morgan fingerprint density at radius 3 is 1.64 bits per heavy atom. The SMILES string of the molecule is C[N+](C)(C)CCCl.NC(N)=O. The number of hydrogen-bond donors (Lipinski definition) is 2. The first-order valence-electron chi connectivity index (χ1n) is 3.21. The first kappa shape index (κ1) is 13.1. The van der Waals surface area contributed by atoms with Crippen molar-refractivity contribution in [3.8, 4) is 0 Å². The molecule has 11 heavy (non-hydrogen) atoms. The highest BCUT2D eigenvalue weighted by Crippen LogP contribution is 1.88. The van der Waals surface area contributed by atoms with Crippen molar-refractivity contribution in [1.82, 2.24) is 0 Å². The Labute approximate surface area is 72.7 Å². The van der Waals surface area contributed by atoms with Gasteiger partial charge in [-0.1, -0.05) is 0 Å². The van der Waals surface area contributed by atoms with Gasteiger partial charge in [0.2, 0.25) is 0 Å². The molecule has 0 bridgehead atoms. The van der Waals surface area contributed by atoms with Crippen LogP contribution in [0.4, 0.5) is 4.79 Å². The Bertz CT molecular complexity index is 107. The summed E-state index contributed by atoms with van der Waals surface area (Å²) in [7, 11) is 6.38. The zero-order valence-electron chi connectivity index (χ0n) is 7.30. The average molecular weight is 183 g/mol. The van der Waals surface area contributed by atoms with E-state index in [2.05, 4.69) is 32.6 Å². The Hall–Kier alpha value is -0.480. The maximum absolute atomic E-state index is 9.00. The van der Waals surface area contributed by atoms with Crippen LogP contribution in [0.15, 0.2) is 0 Å². The van der Waals surface area contributed by atoms with Gasteiger partial charge >= 0.3 is 6.03 Å². The van der Waals surface area contributed by atoms with Crippen molar-refractivity contribution in [1.29, 1.82) is 0 Å². The first-order valence-corrected chi connectivity index (χ1v) is 3.74. The lowest BCUT2D eigenvalue weighted by Gasteiger charge is -2.21. The monoisotopic (exact) mass is 182 g/mol. The molecule has 0 saturated carbocycles. The van der Waals surface area contributed by atoms with Crippen LogP contribution in [0, 0.1) is 0 Å². The topological polar surface area (TPSA) is 69.1 Å². The Kier molecular flexibility index (Phi) is 7.46. The van der Waals surface area contributed by atoms with Gasteiger partial charge in [-0.05, 0) is 0 Å². The number of alkyl halides is 1. The summed E-state index contributed by atoms with van der Waals surface area (Å²) in [5.41, 5.74) is 8.50. The van der Waals surface area contributed by atoms with Crippen LogP contribution in [0.1, 0.15) is 0 Å². The molecule has 0 aliphatic heterocycles. The molecule has 0 rings (SSSR count). The third-order valence-corrected chi connectivity index (χ3v) is 0.924. The van der Waals surface area contributed by atoms with E-state index in [1.165, 1.54) is 0 Å². The number of halogens is 1. The summed E-state index contributed by atoms with van der Waals surface area (Å²) in [5.74, 6) is 0.753. The van der Waals surface area contributed by atoms with Crippen molar-refractivity contribution in [2.75, 3.05) is 33.6 Å². The molecular formula is C6H17ClN3O+. The van der Waals surface area contributed by atoms with Crippen molar-refractivity contribution >= 4 is 17.6 Å². The molecule has 4 N–H and O–H groups in total. The fourth-order valence-corrected chi connectivity index (χ4v) is 0.761. The van der Waals surface area contributed by atoms with E-state index in [0.717, 1.165) is 16.9 Å². The van der Waals surface area contributed by atoms with Gasteiger partial charge in [0.15, 0.2) is 0 Å². The smallest absolute Gasteiger partial charge is 0.309 e. The molecule has 2 amide bonds. The summed E-state index contributed by atoms with van der Waals surface area (Å²) in [6.45, 7) is 1.04. The summed E-state index contributed by atoms with van der Waals surface area (Å²) >= 11 is 5.47. The molecule has 4 nitrogen and oxygen atoms in total. The van der Waals surface area contributed by atoms with E-state index in [4.69, 9.17) is 16.4 Å². The van der Waals surface area contributed by atoms with Gasteiger partial charge in [0.05, 0.1) is 33.6 Å². The second-order valence-corrected chi connectivity index (χ2v) is 3.48. The maximum Gasteiger partial charge on any atom is 0.309 e. The summed E-state index contributed by atoms with van der Waals surface area (Å²) in [6, 6.07) is -0.833. The molecule has 5 heteroatoms. The Morgan fingerprint density at radius 1 is 1.36 bits per heavy atom. The van der Waals surface area contributed by atoms with Gasteiger partial charge in [-0.2, -0.15) is 0 Å². The number of nitrogens with two attached hydrogens (primary N) is 2. The van der Waals surface area contributed by atoms with Crippen molar-refractivity contribution < 1.29 is 9.28 Å². The van der Waals surface area contributed by atoms with E-state index < -0.39 is 6.03 Å². The number of amides is 2. The van der Waals surface area contributed by atoms with E-state index in [-0.39, 0.29) is 0 Å². The lowest BCUT2D eigenvalue weighted by molar-refractivity contribution is -0.867. The predicted octanol–water partition coefficient (Wildman–Crippen LogP) is -0.0448. The van der Waals surface area contributed by atoms with Gasteiger partial charge in [0.25, 0.3) is 0 Å². The standard InChI is InChI=1S/C5H13ClN.CH4N2O/c1-7(2,3)5-4-6;2-1(3)4/h4-5H2,1-3H3;(H4,2,3,4)/q+1;. The highest BCUT2D eigenvalue weighted by atomic mass is 35.5. The highest BCUT2D eigenvalue weighted by Gasteiger charge is 2.02. The molecule has 0 atom stereocenters. The van der Waals surface area contributed by atoms with E-state index in [1.54, 1.807) is 0 Å². The Morgan fingerprint density at radius 2 is 1.64 bits per heavy atom. The summed E-state index contributed by atoms with van der Waals surface area (Å²) in [4.78, 5) is 9.00. The molecule has 0 fully saturated rings. The van der Waals surface area contributed by atoms with Crippen LogP contribution in [0.2, 0.25) is 0 Å². The molecule has 0 heterocycles. The maximum atomic E-state index is 9.00. The molecular weight excluding hydrogens is 166 g/mol.